The molecule has 0 aromatic carbocycles. The number of hydrogen-bond acceptors (Lipinski definition) is 7. The number of morpholine rings is 1. The second-order valence-electron chi connectivity index (χ2n) is 5.25. The van der Waals surface area contributed by atoms with Gasteiger partial charge in [0.15, 0.2) is 0 Å². The fourth-order valence-corrected chi connectivity index (χ4v) is 2.70. The van der Waals surface area contributed by atoms with Gasteiger partial charge < -0.3 is 24.1 Å². The Balaban J connectivity index is 1.68. The first-order chi connectivity index (χ1) is 9.82. The number of aromatic nitrogens is 2. The van der Waals surface area contributed by atoms with E-state index in [0.717, 1.165) is 26.0 Å². The zero-order valence-corrected chi connectivity index (χ0v) is 11.8. The summed E-state index contributed by atoms with van der Waals surface area (Å²) in [6, 6.07) is 0.241. The van der Waals surface area contributed by atoms with E-state index in [2.05, 4.69) is 15.5 Å². The largest absolute Gasteiger partial charge is 0.381 e. The average Bonchev–Trinajstić information content (AvgIpc) is 2.98. The van der Waals surface area contributed by atoms with Crippen molar-refractivity contribution in [1.29, 1.82) is 0 Å². The summed E-state index contributed by atoms with van der Waals surface area (Å²) in [6.07, 6.45) is 2.20. The fourth-order valence-electron chi connectivity index (χ4n) is 2.70. The fraction of sp³-hybridized carbons (Fsp3) is 0.846. The molecule has 1 atom stereocenters. The highest BCUT2D eigenvalue weighted by Crippen LogP contribution is 2.33. The van der Waals surface area contributed by atoms with Crippen LogP contribution < -0.4 is 5.32 Å². The molecule has 1 aromatic heterocycles. The maximum absolute atomic E-state index is 5.66. The summed E-state index contributed by atoms with van der Waals surface area (Å²) in [5, 5.41) is 7.49. The Morgan fingerprint density at radius 1 is 1.30 bits per heavy atom. The van der Waals surface area contributed by atoms with Crippen molar-refractivity contribution in [3.63, 3.8) is 0 Å². The summed E-state index contributed by atoms with van der Waals surface area (Å²) in [7, 11) is 1.69. The lowest BCUT2D eigenvalue weighted by molar-refractivity contribution is -0.101. The molecular weight excluding hydrogens is 262 g/mol. The molecule has 1 N–H and O–H groups in total. The van der Waals surface area contributed by atoms with Gasteiger partial charge in [0.25, 0.3) is 0 Å². The molecule has 0 aliphatic carbocycles. The molecule has 0 spiro atoms. The van der Waals surface area contributed by atoms with Gasteiger partial charge in [-0.1, -0.05) is 5.16 Å². The maximum atomic E-state index is 5.66. The van der Waals surface area contributed by atoms with Crippen LogP contribution in [0.4, 0.5) is 0 Å². The van der Waals surface area contributed by atoms with Crippen LogP contribution >= 0.6 is 0 Å². The molecule has 7 nitrogen and oxygen atoms in total. The van der Waals surface area contributed by atoms with Crippen LogP contribution in [0.3, 0.4) is 0 Å². The highest BCUT2D eigenvalue weighted by atomic mass is 16.5. The Morgan fingerprint density at radius 2 is 2.15 bits per heavy atom. The average molecular weight is 283 g/mol. The molecule has 2 fully saturated rings. The van der Waals surface area contributed by atoms with Crippen molar-refractivity contribution in [2.45, 2.75) is 30.9 Å². The molecule has 1 unspecified atom stereocenters. The number of ether oxygens (including phenoxy) is 3. The molecule has 3 heterocycles. The molecule has 20 heavy (non-hydrogen) atoms. The second kappa shape index (κ2) is 6.17. The van der Waals surface area contributed by atoms with Gasteiger partial charge in [-0.05, 0) is 0 Å². The summed E-state index contributed by atoms with van der Waals surface area (Å²) in [5.74, 6) is 1.26. The molecule has 1 aromatic rings. The van der Waals surface area contributed by atoms with Gasteiger partial charge >= 0.3 is 0 Å². The summed E-state index contributed by atoms with van der Waals surface area (Å²) >= 11 is 0. The summed E-state index contributed by atoms with van der Waals surface area (Å²) in [5.41, 5.74) is -0.462. The Bertz CT molecular complexity index is 425. The minimum absolute atomic E-state index is 0.241. The van der Waals surface area contributed by atoms with Crippen molar-refractivity contribution >= 4 is 0 Å². The molecule has 2 saturated heterocycles. The van der Waals surface area contributed by atoms with Crippen LogP contribution in [0.2, 0.25) is 0 Å². The van der Waals surface area contributed by atoms with Crippen molar-refractivity contribution < 1.29 is 18.7 Å². The first kappa shape index (κ1) is 13.9. The van der Waals surface area contributed by atoms with Crippen molar-refractivity contribution in [2.75, 3.05) is 40.1 Å². The van der Waals surface area contributed by atoms with E-state index in [1.807, 2.05) is 0 Å². The van der Waals surface area contributed by atoms with Crippen LogP contribution in [0.25, 0.3) is 0 Å². The lowest BCUT2D eigenvalue weighted by atomic mass is 9.93. The molecule has 0 saturated carbocycles. The molecule has 0 bridgehead atoms. The van der Waals surface area contributed by atoms with Gasteiger partial charge in [-0.2, -0.15) is 4.98 Å². The van der Waals surface area contributed by atoms with Gasteiger partial charge in [0.05, 0.1) is 13.2 Å². The van der Waals surface area contributed by atoms with Gasteiger partial charge in [0.2, 0.25) is 11.7 Å². The SMILES string of the molecule is COC1(c2noc(CC3COCCN3)n2)CCOCC1. The minimum Gasteiger partial charge on any atom is -0.381 e. The highest BCUT2D eigenvalue weighted by Gasteiger charge is 2.39. The maximum Gasteiger partial charge on any atom is 0.228 e. The summed E-state index contributed by atoms with van der Waals surface area (Å²) < 4.78 is 21.8. The van der Waals surface area contributed by atoms with E-state index in [9.17, 15) is 0 Å². The van der Waals surface area contributed by atoms with Crippen molar-refractivity contribution in [3.05, 3.63) is 11.7 Å². The molecule has 7 heteroatoms. The molecule has 2 aliphatic rings. The van der Waals surface area contributed by atoms with Crippen molar-refractivity contribution in [2.24, 2.45) is 0 Å². The number of hydrogen-bond donors (Lipinski definition) is 1. The van der Waals surface area contributed by atoms with Gasteiger partial charge in [0.1, 0.15) is 5.60 Å². The van der Waals surface area contributed by atoms with Crippen LogP contribution in [0.15, 0.2) is 4.52 Å². The van der Waals surface area contributed by atoms with Crippen LogP contribution in [0.1, 0.15) is 24.6 Å². The number of rotatable bonds is 4. The normalized spacial score (nSPS) is 26.6. The van der Waals surface area contributed by atoms with Crippen LogP contribution in [0, 0.1) is 0 Å². The summed E-state index contributed by atoms with van der Waals surface area (Å²) in [6.45, 7) is 3.63. The van der Waals surface area contributed by atoms with E-state index in [1.165, 1.54) is 0 Å². The van der Waals surface area contributed by atoms with Gasteiger partial charge in [-0.15, -0.1) is 0 Å². The molecular formula is C13H21N3O4. The summed E-state index contributed by atoms with van der Waals surface area (Å²) in [4.78, 5) is 4.52. The second-order valence-corrected chi connectivity index (χ2v) is 5.25. The Labute approximate surface area is 118 Å². The lowest BCUT2D eigenvalue weighted by Crippen LogP contribution is -2.42. The van der Waals surface area contributed by atoms with Crippen LogP contribution in [-0.2, 0) is 26.2 Å². The number of nitrogens with zero attached hydrogens (tertiary/aromatic N) is 2. The minimum atomic E-state index is -0.462. The zero-order chi connectivity index (χ0) is 13.8. The van der Waals surface area contributed by atoms with Gasteiger partial charge in [0, 0.05) is 52.2 Å². The quantitative estimate of drug-likeness (QED) is 0.848. The molecule has 0 radical (unpaired) electrons. The van der Waals surface area contributed by atoms with E-state index >= 15 is 0 Å². The number of nitrogens with one attached hydrogen (secondary N) is 1. The zero-order valence-electron chi connectivity index (χ0n) is 11.8. The number of methoxy groups -OCH3 is 1. The molecule has 0 amide bonds. The van der Waals surface area contributed by atoms with Crippen molar-refractivity contribution in [3.8, 4) is 0 Å². The van der Waals surface area contributed by atoms with E-state index in [1.54, 1.807) is 7.11 Å². The van der Waals surface area contributed by atoms with E-state index in [4.69, 9.17) is 18.7 Å². The Hall–Kier alpha value is -1.02. The van der Waals surface area contributed by atoms with Gasteiger partial charge in [-0.3, -0.25) is 0 Å². The first-order valence-corrected chi connectivity index (χ1v) is 7.09. The third kappa shape index (κ3) is 2.85. The van der Waals surface area contributed by atoms with Crippen LogP contribution in [0.5, 0.6) is 0 Å². The first-order valence-electron chi connectivity index (χ1n) is 7.09. The predicted molar refractivity (Wildman–Crippen MR) is 69.4 cm³/mol. The lowest BCUT2D eigenvalue weighted by Gasteiger charge is -2.32. The molecule has 2 aliphatic heterocycles. The molecule has 112 valence electrons. The smallest absolute Gasteiger partial charge is 0.228 e. The van der Waals surface area contributed by atoms with E-state index < -0.39 is 5.60 Å². The molecule has 3 rings (SSSR count). The topological polar surface area (TPSA) is 78.6 Å². The van der Waals surface area contributed by atoms with Crippen LogP contribution in [-0.4, -0.2) is 56.3 Å². The monoisotopic (exact) mass is 283 g/mol. The van der Waals surface area contributed by atoms with Gasteiger partial charge in [-0.25, -0.2) is 0 Å². The standard InChI is InChI=1S/C13H21N3O4/c1-17-13(2-5-18-6-3-13)12-15-11(20-16-12)8-10-9-19-7-4-14-10/h10,14H,2-9H2,1H3. The van der Waals surface area contributed by atoms with E-state index in [0.29, 0.717) is 38.0 Å². The van der Waals surface area contributed by atoms with Crippen molar-refractivity contribution in [1.82, 2.24) is 15.5 Å². The Kier molecular flexibility index (Phi) is 4.30. The highest BCUT2D eigenvalue weighted by molar-refractivity contribution is 5.03. The third-order valence-electron chi connectivity index (χ3n) is 3.99. The predicted octanol–water partition coefficient (Wildman–Crippen LogP) is 0.253. The third-order valence-corrected chi connectivity index (χ3v) is 3.99. The Morgan fingerprint density at radius 3 is 2.85 bits per heavy atom. The van der Waals surface area contributed by atoms with E-state index in [-0.39, 0.29) is 6.04 Å².